The second-order valence-electron chi connectivity index (χ2n) is 4.58. The molecule has 1 aliphatic carbocycles. The molecule has 1 aromatic heterocycles. The molecule has 17 heavy (non-hydrogen) atoms. The van der Waals surface area contributed by atoms with Gasteiger partial charge in [0.1, 0.15) is 17.6 Å². The zero-order valence-corrected chi connectivity index (χ0v) is 11.0. The van der Waals surface area contributed by atoms with Crippen LogP contribution < -0.4 is 4.74 Å². The summed E-state index contributed by atoms with van der Waals surface area (Å²) in [6, 6.07) is 0. The van der Waals surface area contributed by atoms with E-state index in [9.17, 15) is 0 Å². The van der Waals surface area contributed by atoms with Gasteiger partial charge < -0.3 is 4.74 Å². The Hall–Kier alpha value is -0.830. The van der Waals surface area contributed by atoms with Gasteiger partial charge in [0.2, 0.25) is 5.88 Å². The molecule has 1 saturated carbocycles. The van der Waals surface area contributed by atoms with Crippen molar-refractivity contribution in [2.75, 3.05) is 0 Å². The van der Waals surface area contributed by atoms with Crippen molar-refractivity contribution in [3.63, 3.8) is 0 Å². The quantitative estimate of drug-likeness (QED) is 0.767. The molecular formula is C13H19ClN2O. The highest BCUT2D eigenvalue weighted by Gasteiger charge is 2.18. The maximum absolute atomic E-state index is 6.09. The molecule has 0 radical (unpaired) electrons. The van der Waals surface area contributed by atoms with Crippen LogP contribution in [-0.2, 0) is 6.42 Å². The Kier molecular flexibility index (Phi) is 4.60. The van der Waals surface area contributed by atoms with Crippen molar-refractivity contribution in [1.29, 1.82) is 0 Å². The maximum Gasteiger partial charge on any atom is 0.221 e. The normalized spacial score (nSPS) is 17.1. The molecule has 1 aliphatic rings. The molecule has 0 unspecified atom stereocenters. The summed E-state index contributed by atoms with van der Waals surface area (Å²) in [4.78, 5) is 8.26. The minimum atomic E-state index is 0.310. The first-order chi connectivity index (χ1) is 8.31. The smallest absolute Gasteiger partial charge is 0.221 e. The average molecular weight is 255 g/mol. The number of nitrogens with zero attached hydrogens (tertiary/aromatic N) is 2. The summed E-state index contributed by atoms with van der Waals surface area (Å²) in [5, 5.41) is 0.535. The summed E-state index contributed by atoms with van der Waals surface area (Å²) in [6.45, 7) is 2.12. The van der Waals surface area contributed by atoms with Gasteiger partial charge in [-0.2, -0.15) is 0 Å². The predicted molar refractivity (Wildman–Crippen MR) is 68.5 cm³/mol. The standard InChI is InChI=1S/C13H19ClN2O/c1-2-6-11-12(14)15-9-16-13(11)17-10-7-4-3-5-8-10/h9-10H,2-8H2,1H3. The molecule has 1 fully saturated rings. The van der Waals surface area contributed by atoms with E-state index in [4.69, 9.17) is 16.3 Å². The van der Waals surface area contributed by atoms with Crippen molar-refractivity contribution in [2.45, 2.75) is 58.0 Å². The van der Waals surface area contributed by atoms with Crippen LogP contribution in [0.15, 0.2) is 6.33 Å². The molecule has 0 atom stereocenters. The molecule has 0 amide bonds. The predicted octanol–water partition coefficient (Wildman–Crippen LogP) is 3.79. The van der Waals surface area contributed by atoms with Crippen LogP contribution in [0.1, 0.15) is 51.0 Å². The Balaban J connectivity index is 2.10. The van der Waals surface area contributed by atoms with Gasteiger partial charge in [0.05, 0.1) is 5.56 Å². The highest BCUT2D eigenvalue weighted by molar-refractivity contribution is 6.30. The fourth-order valence-electron chi connectivity index (χ4n) is 2.28. The van der Waals surface area contributed by atoms with Crippen LogP contribution >= 0.6 is 11.6 Å². The van der Waals surface area contributed by atoms with Crippen molar-refractivity contribution in [3.05, 3.63) is 17.0 Å². The monoisotopic (exact) mass is 254 g/mol. The zero-order chi connectivity index (χ0) is 12.1. The summed E-state index contributed by atoms with van der Waals surface area (Å²) in [5.41, 5.74) is 0.960. The Labute approximate surface area is 108 Å². The molecule has 2 rings (SSSR count). The molecule has 0 saturated heterocycles. The van der Waals surface area contributed by atoms with Gasteiger partial charge in [0.25, 0.3) is 0 Å². The van der Waals surface area contributed by atoms with Gasteiger partial charge in [0, 0.05) is 0 Å². The Morgan fingerprint density at radius 1 is 1.29 bits per heavy atom. The summed E-state index contributed by atoms with van der Waals surface area (Å²) in [6.07, 6.45) is 9.80. The van der Waals surface area contributed by atoms with Crippen LogP contribution in [0, 0.1) is 0 Å². The highest BCUT2D eigenvalue weighted by Crippen LogP contribution is 2.27. The van der Waals surface area contributed by atoms with Crippen LogP contribution in [0.3, 0.4) is 0 Å². The second kappa shape index (κ2) is 6.20. The molecule has 0 aromatic carbocycles. The Bertz CT molecular complexity index is 364. The molecule has 1 aromatic rings. The molecule has 0 bridgehead atoms. The molecule has 94 valence electrons. The van der Waals surface area contributed by atoms with Crippen molar-refractivity contribution < 1.29 is 4.74 Å². The molecular weight excluding hydrogens is 236 g/mol. The third-order valence-electron chi connectivity index (χ3n) is 3.18. The van der Waals surface area contributed by atoms with E-state index < -0.39 is 0 Å². The Morgan fingerprint density at radius 2 is 2.06 bits per heavy atom. The number of halogens is 1. The number of ether oxygens (including phenoxy) is 1. The molecule has 0 N–H and O–H groups in total. The number of hydrogen-bond donors (Lipinski definition) is 0. The lowest BCUT2D eigenvalue weighted by molar-refractivity contribution is 0.147. The molecule has 4 heteroatoms. The van der Waals surface area contributed by atoms with Crippen LogP contribution in [0.4, 0.5) is 0 Å². The van der Waals surface area contributed by atoms with Crippen LogP contribution in [-0.4, -0.2) is 16.1 Å². The van der Waals surface area contributed by atoms with E-state index in [0.29, 0.717) is 17.1 Å². The summed E-state index contributed by atoms with van der Waals surface area (Å²) in [7, 11) is 0. The van der Waals surface area contributed by atoms with E-state index in [2.05, 4.69) is 16.9 Å². The minimum Gasteiger partial charge on any atom is -0.474 e. The summed E-state index contributed by atoms with van der Waals surface area (Å²) < 4.78 is 5.98. The first-order valence-corrected chi connectivity index (χ1v) is 6.85. The summed E-state index contributed by atoms with van der Waals surface area (Å²) >= 11 is 6.09. The fourth-order valence-corrected chi connectivity index (χ4v) is 2.50. The number of hydrogen-bond acceptors (Lipinski definition) is 3. The van der Waals surface area contributed by atoms with Gasteiger partial charge in [-0.15, -0.1) is 0 Å². The largest absolute Gasteiger partial charge is 0.474 e. The van der Waals surface area contributed by atoms with Gasteiger partial charge in [-0.25, -0.2) is 9.97 Å². The van der Waals surface area contributed by atoms with Gasteiger partial charge in [-0.3, -0.25) is 0 Å². The number of aromatic nitrogens is 2. The molecule has 0 spiro atoms. The van der Waals surface area contributed by atoms with E-state index in [1.807, 2.05) is 0 Å². The number of rotatable bonds is 4. The van der Waals surface area contributed by atoms with E-state index in [1.165, 1.54) is 25.6 Å². The van der Waals surface area contributed by atoms with Gasteiger partial charge in [-0.05, 0) is 32.1 Å². The molecule has 1 heterocycles. The van der Waals surface area contributed by atoms with Crippen molar-refractivity contribution in [1.82, 2.24) is 9.97 Å². The van der Waals surface area contributed by atoms with Crippen molar-refractivity contribution in [2.24, 2.45) is 0 Å². The van der Waals surface area contributed by atoms with Crippen LogP contribution in [0.25, 0.3) is 0 Å². The highest BCUT2D eigenvalue weighted by atomic mass is 35.5. The first kappa shape index (κ1) is 12.6. The topological polar surface area (TPSA) is 35.0 Å². The fraction of sp³-hybridized carbons (Fsp3) is 0.692. The third kappa shape index (κ3) is 3.32. The zero-order valence-electron chi connectivity index (χ0n) is 10.3. The van der Waals surface area contributed by atoms with Crippen LogP contribution in [0.5, 0.6) is 5.88 Å². The average Bonchev–Trinajstić information content (AvgIpc) is 2.35. The second-order valence-corrected chi connectivity index (χ2v) is 4.93. The maximum atomic E-state index is 6.09. The van der Waals surface area contributed by atoms with Crippen molar-refractivity contribution in [3.8, 4) is 5.88 Å². The van der Waals surface area contributed by atoms with E-state index in [-0.39, 0.29) is 0 Å². The SMILES string of the molecule is CCCc1c(Cl)ncnc1OC1CCCCC1. The summed E-state index contributed by atoms with van der Waals surface area (Å²) in [5.74, 6) is 0.693. The molecule has 3 nitrogen and oxygen atoms in total. The third-order valence-corrected chi connectivity index (χ3v) is 3.51. The van der Waals surface area contributed by atoms with Crippen LogP contribution in [0.2, 0.25) is 5.15 Å². The lowest BCUT2D eigenvalue weighted by atomic mass is 9.98. The van der Waals surface area contributed by atoms with Gasteiger partial charge in [-0.1, -0.05) is 31.4 Å². The molecule has 0 aliphatic heterocycles. The van der Waals surface area contributed by atoms with E-state index >= 15 is 0 Å². The van der Waals surface area contributed by atoms with Crippen molar-refractivity contribution >= 4 is 11.6 Å². The lowest BCUT2D eigenvalue weighted by Gasteiger charge is -2.23. The van der Waals surface area contributed by atoms with E-state index in [1.54, 1.807) is 0 Å². The Morgan fingerprint density at radius 3 is 2.76 bits per heavy atom. The first-order valence-electron chi connectivity index (χ1n) is 6.47. The van der Waals surface area contributed by atoms with Gasteiger partial charge >= 0.3 is 0 Å². The van der Waals surface area contributed by atoms with E-state index in [0.717, 1.165) is 31.2 Å². The minimum absolute atomic E-state index is 0.310. The van der Waals surface area contributed by atoms with Gasteiger partial charge in [0.15, 0.2) is 0 Å². The lowest BCUT2D eigenvalue weighted by Crippen LogP contribution is -2.21.